The highest BCUT2D eigenvalue weighted by atomic mass is 19.1. The molecular formula is C20H24FN3O. The van der Waals surface area contributed by atoms with Crippen LogP contribution in [-0.4, -0.2) is 40.7 Å². The van der Waals surface area contributed by atoms with Crippen molar-refractivity contribution in [2.24, 2.45) is 5.41 Å². The summed E-state index contributed by atoms with van der Waals surface area (Å²) >= 11 is 0. The molecule has 2 aliphatic rings. The Hall–Kier alpha value is -1.85. The van der Waals surface area contributed by atoms with Crippen LogP contribution in [-0.2, 0) is 17.7 Å². The maximum Gasteiger partial charge on any atom is 0.123 e. The third-order valence-corrected chi connectivity index (χ3v) is 5.58. The number of halogens is 1. The zero-order valence-corrected chi connectivity index (χ0v) is 14.4. The van der Waals surface area contributed by atoms with E-state index in [2.05, 4.69) is 14.9 Å². The topological polar surface area (TPSA) is 38.2 Å². The van der Waals surface area contributed by atoms with Crippen molar-refractivity contribution in [3.05, 3.63) is 59.9 Å². The van der Waals surface area contributed by atoms with Gasteiger partial charge in [0, 0.05) is 31.6 Å². The van der Waals surface area contributed by atoms with Crippen molar-refractivity contribution < 1.29 is 9.13 Å². The summed E-state index contributed by atoms with van der Waals surface area (Å²) in [5, 5.41) is 0. The van der Waals surface area contributed by atoms with E-state index in [9.17, 15) is 4.39 Å². The highest BCUT2D eigenvalue weighted by molar-refractivity contribution is 5.16. The molecule has 2 aromatic rings. The summed E-state index contributed by atoms with van der Waals surface area (Å²) in [4.78, 5) is 11.0. The zero-order valence-electron chi connectivity index (χ0n) is 14.4. The van der Waals surface area contributed by atoms with Crippen molar-refractivity contribution >= 4 is 0 Å². The molecule has 1 unspecified atom stereocenters. The zero-order chi connectivity index (χ0) is 17.1. The molecule has 5 heteroatoms. The minimum Gasteiger partial charge on any atom is -0.377 e. The smallest absolute Gasteiger partial charge is 0.123 e. The number of hydrogen-bond acceptors (Lipinski definition) is 4. The van der Waals surface area contributed by atoms with Crippen LogP contribution < -0.4 is 0 Å². The fraction of sp³-hybridized carbons (Fsp3) is 0.500. The first-order valence-corrected chi connectivity index (χ1v) is 9.04. The third kappa shape index (κ3) is 4.05. The van der Waals surface area contributed by atoms with Crippen molar-refractivity contribution in [3.63, 3.8) is 0 Å². The highest BCUT2D eigenvalue weighted by Crippen LogP contribution is 2.42. The monoisotopic (exact) mass is 341 g/mol. The van der Waals surface area contributed by atoms with Crippen LogP contribution in [0.3, 0.4) is 0 Å². The van der Waals surface area contributed by atoms with Gasteiger partial charge in [-0.2, -0.15) is 0 Å². The van der Waals surface area contributed by atoms with Gasteiger partial charge in [-0.05, 0) is 55.5 Å². The van der Waals surface area contributed by atoms with Crippen LogP contribution in [0.5, 0.6) is 0 Å². The number of benzene rings is 1. The van der Waals surface area contributed by atoms with E-state index >= 15 is 0 Å². The third-order valence-electron chi connectivity index (χ3n) is 5.58. The van der Waals surface area contributed by atoms with Gasteiger partial charge >= 0.3 is 0 Å². The van der Waals surface area contributed by atoms with Gasteiger partial charge in [0.2, 0.25) is 0 Å². The Morgan fingerprint density at radius 1 is 1.16 bits per heavy atom. The van der Waals surface area contributed by atoms with Crippen LogP contribution >= 0.6 is 0 Å². The summed E-state index contributed by atoms with van der Waals surface area (Å²) in [6, 6.07) is 6.86. The van der Waals surface area contributed by atoms with Crippen molar-refractivity contribution in [1.29, 1.82) is 0 Å². The second-order valence-electron chi connectivity index (χ2n) is 7.44. The molecular weight excluding hydrogens is 317 g/mol. The molecule has 0 saturated carbocycles. The quantitative estimate of drug-likeness (QED) is 0.856. The number of piperidine rings is 1. The van der Waals surface area contributed by atoms with Gasteiger partial charge in [0.25, 0.3) is 0 Å². The van der Waals surface area contributed by atoms with Crippen LogP contribution in [0.2, 0.25) is 0 Å². The lowest BCUT2D eigenvalue weighted by Crippen LogP contribution is -2.40. The van der Waals surface area contributed by atoms with Crippen molar-refractivity contribution in [2.45, 2.75) is 38.3 Å². The number of ether oxygens (including phenoxy) is 1. The Labute approximate surface area is 148 Å². The lowest BCUT2D eigenvalue weighted by molar-refractivity contribution is 0.0629. The Morgan fingerprint density at radius 2 is 1.96 bits per heavy atom. The average molecular weight is 341 g/mol. The van der Waals surface area contributed by atoms with Crippen molar-refractivity contribution in [1.82, 2.24) is 14.9 Å². The van der Waals surface area contributed by atoms with Crippen molar-refractivity contribution in [2.75, 3.05) is 19.7 Å². The van der Waals surface area contributed by atoms with Gasteiger partial charge in [-0.1, -0.05) is 12.1 Å². The lowest BCUT2D eigenvalue weighted by atomic mass is 9.76. The standard InChI is InChI=1S/C20H24FN3O/c21-17-3-1-16(2-4-17)14-24-9-5-20(6-10-24)12-19(25-15-20)11-18-13-22-7-8-23-18/h1-4,7-8,13,19H,5-6,9-12,14-15H2. The van der Waals surface area contributed by atoms with Gasteiger partial charge < -0.3 is 4.74 Å². The van der Waals surface area contributed by atoms with Crippen molar-refractivity contribution in [3.8, 4) is 0 Å². The average Bonchev–Trinajstić information content (AvgIpc) is 3.02. The molecule has 1 aromatic heterocycles. The number of nitrogens with zero attached hydrogens (tertiary/aromatic N) is 3. The van der Waals surface area contributed by atoms with Gasteiger partial charge in [0.15, 0.2) is 0 Å². The molecule has 0 radical (unpaired) electrons. The molecule has 132 valence electrons. The minimum absolute atomic E-state index is 0.168. The summed E-state index contributed by atoms with van der Waals surface area (Å²) < 4.78 is 19.1. The van der Waals surface area contributed by atoms with Crippen LogP contribution in [0.1, 0.15) is 30.5 Å². The van der Waals surface area contributed by atoms with E-state index in [0.29, 0.717) is 5.41 Å². The SMILES string of the molecule is Fc1ccc(CN2CCC3(CC2)COC(Cc2cnccn2)C3)cc1. The first kappa shape index (κ1) is 16.6. The predicted octanol–water partition coefficient (Wildman–Crippen LogP) is 3.23. The summed E-state index contributed by atoms with van der Waals surface area (Å²) in [6.45, 7) is 3.93. The fourth-order valence-electron chi connectivity index (χ4n) is 4.08. The molecule has 4 rings (SSSR count). The lowest BCUT2D eigenvalue weighted by Gasteiger charge is -2.38. The van der Waals surface area contributed by atoms with Crippen LogP contribution in [0, 0.1) is 11.2 Å². The van der Waals surface area contributed by atoms with Gasteiger partial charge in [-0.15, -0.1) is 0 Å². The number of aromatic nitrogens is 2. The molecule has 2 fully saturated rings. The molecule has 0 bridgehead atoms. The van der Waals surface area contributed by atoms with Gasteiger partial charge in [0.05, 0.1) is 18.4 Å². The normalized spacial score (nSPS) is 23.2. The number of likely N-dealkylation sites (tertiary alicyclic amines) is 1. The Kier molecular flexibility index (Phi) is 4.77. The first-order chi connectivity index (χ1) is 12.2. The summed E-state index contributed by atoms with van der Waals surface area (Å²) in [7, 11) is 0. The molecule has 1 aromatic carbocycles. The second kappa shape index (κ2) is 7.18. The van der Waals surface area contributed by atoms with E-state index in [0.717, 1.165) is 44.8 Å². The van der Waals surface area contributed by atoms with E-state index in [-0.39, 0.29) is 11.9 Å². The summed E-state index contributed by atoms with van der Waals surface area (Å²) in [6.07, 6.45) is 9.87. The molecule has 4 nitrogen and oxygen atoms in total. The molecule has 0 amide bonds. The van der Waals surface area contributed by atoms with Gasteiger partial charge in [0.1, 0.15) is 5.82 Å². The summed E-state index contributed by atoms with van der Waals surface area (Å²) in [5.74, 6) is -0.168. The maximum absolute atomic E-state index is 13.0. The highest BCUT2D eigenvalue weighted by Gasteiger charge is 2.42. The van der Waals surface area contributed by atoms with Gasteiger partial charge in [-0.3, -0.25) is 14.9 Å². The number of hydrogen-bond donors (Lipinski definition) is 0. The Bertz CT molecular complexity index is 684. The van der Waals surface area contributed by atoms with E-state index < -0.39 is 0 Å². The Balaban J connectivity index is 1.29. The van der Waals surface area contributed by atoms with E-state index in [1.54, 1.807) is 24.5 Å². The predicted molar refractivity (Wildman–Crippen MR) is 93.4 cm³/mol. The maximum atomic E-state index is 13.0. The van der Waals surface area contributed by atoms with Crippen LogP contribution in [0.25, 0.3) is 0 Å². The molecule has 0 aliphatic carbocycles. The second-order valence-corrected chi connectivity index (χ2v) is 7.44. The van der Waals surface area contributed by atoms with Crippen LogP contribution in [0.15, 0.2) is 42.9 Å². The molecule has 3 heterocycles. The number of rotatable bonds is 4. The van der Waals surface area contributed by atoms with Gasteiger partial charge in [-0.25, -0.2) is 4.39 Å². The largest absolute Gasteiger partial charge is 0.377 e. The summed E-state index contributed by atoms with van der Waals surface area (Å²) in [5.41, 5.74) is 2.52. The van der Waals surface area contributed by atoms with E-state index in [4.69, 9.17) is 4.74 Å². The van der Waals surface area contributed by atoms with Crippen LogP contribution in [0.4, 0.5) is 4.39 Å². The molecule has 0 N–H and O–H groups in total. The molecule has 1 atom stereocenters. The molecule has 25 heavy (non-hydrogen) atoms. The van der Waals surface area contributed by atoms with E-state index in [1.807, 2.05) is 18.3 Å². The molecule has 2 saturated heterocycles. The molecule has 2 aliphatic heterocycles. The Morgan fingerprint density at radius 3 is 2.68 bits per heavy atom. The minimum atomic E-state index is -0.168. The molecule has 1 spiro atoms. The van der Waals surface area contributed by atoms with E-state index in [1.165, 1.54) is 18.4 Å². The first-order valence-electron chi connectivity index (χ1n) is 9.04. The fourth-order valence-corrected chi connectivity index (χ4v) is 4.08.